The molecule has 2 rings (SSSR count). The molecule has 0 aliphatic rings. The topological polar surface area (TPSA) is 64.3 Å². The normalized spacial score (nSPS) is 10.2. The Morgan fingerprint density at radius 3 is 2.59 bits per heavy atom. The van der Waals surface area contributed by atoms with Crippen LogP contribution in [0.1, 0.15) is 5.56 Å². The highest BCUT2D eigenvalue weighted by Crippen LogP contribution is 2.19. The minimum Gasteiger partial charge on any atom is -0.497 e. The van der Waals surface area contributed by atoms with Crippen molar-refractivity contribution >= 4 is 22.6 Å². The van der Waals surface area contributed by atoms with E-state index in [1.54, 1.807) is 7.11 Å². The minimum atomic E-state index is 0.326. The van der Waals surface area contributed by atoms with Crippen LogP contribution in [-0.2, 0) is 6.54 Å². The molecular formula is C11H14N4OS. The second kappa shape index (κ2) is 5.01. The number of ether oxygens (including phenoxy) is 1. The lowest BCUT2D eigenvalue weighted by molar-refractivity contribution is 0.414. The molecule has 0 bridgehead atoms. The first-order valence-corrected chi connectivity index (χ1v) is 5.89. The SMILES string of the molecule is COc1ccc(CN(C)c2nc(N)ns2)cc1. The van der Waals surface area contributed by atoms with Gasteiger partial charge in [0, 0.05) is 25.1 Å². The number of methoxy groups -OCH3 is 1. The molecular weight excluding hydrogens is 236 g/mol. The molecule has 1 aromatic heterocycles. The summed E-state index contributed by atoms with van der Waals surface area (Å²) in [5, 5.41) is 0.818. The van der Waals surface area contributed by atoms with Gasteiger partial charge in [0.15, 0.2) is 0 Å². The molecule has 0 radical (unpaired) electrons. The van der Waals surface area contributed by atoms with Gasteiger partial charge in [0.2, 0.25) is 11.1 Å². The van der Waals surface area contributed by atoms with E-state index in [1.165, 1.54) is 17.1 Å². The molecule has 0 spiro atoms. The van der Waals surface area contributed by atoms with Crippen LogP contribution in [0.4, 0.5) is 11.1 Å². The lowest BCUT2D eigenvalue weighted by Gasteiger charge is -2.15. The van der Waals surface area contributed by atoms with Crippen LogP contribution in [0.3, 0.4) is 0 Å². The highest BCUT2D eigenvalue weighted by atomic mass is 32.1. The first-order chi connectivity index (χ1) is 8.19. The fraction of sp³-hybridized carbons (Fsp3) is 0.273. The third kappa shape index (κ3) is 2.85. The maximum atomic E-state index is 5.49. The molecule has 1 heterocycles. The molecule has 2 aromatic rings. The molecule has 1 aromatic carbocycles. The summed E-state index contributed by atoms with van der Waals surface area (Å²) in [6.07, 6.45) is 0. The Kier molecular flexibility index (Phi) is 3.43. The third-order valence-corrected chi connectivity index (χ3v) is 3.18. The van der Waals surface area contributed by atoms with Gasteiger partial charge in [-0.1, -0.05) is 12.1 Å². The van der Waals surface area contributed by atoms with E-state index in [-0.39, 0.29) is 0 Å². The molecule has 0 saturated carbocycles. The van der Waals surface area contributed by atoms with Crippen molar-refractivity contribution in [3.05, 3.63) is 29.8 Å². The van der Waals surface area contributed by atoms with Gasteiger partial charge in [-0.3, -0.25) is 0 Å². The van der Waals surface area contributed by atoms with Crippen LogP contribution >= 0.6 is 11.5 Å². The number of nitrogens with two attached hydrogens (primary N) is 1. The summed E-state index contributed by atoms with van der Waals surface area (Å²) in [5.74, 6) is 1.18. The average molecular weight is 250 g/mol. The Morgan fingerprint density at radius 1 is 1.35 bits per heavy atom. The summed E-state index contributed by atoms with van der Waals surface area (Å²) in [4.78, 5) is 6.14. The Bertz CT molecular complexity index is 482. The zero-order valence-electron chi connectivity index (χ0n) is 9.75. The van der Waals surface area contributed by atoms with Gasteiger partial charge in [0.25, 0.3) is 0 Å². The molecule has 0 aliphatic carbocycles. The molecule has 90 valence electrons. The smallest absolute Gasteiger partial charge is 0.233 e. The number of anilines is 2. The molecule has 2 N–H and O–H groups in total. The van der Waals surface area contributed by atoms with E-state index >= 15 is 0 Å². The summed E-state index contributed by atoms with van der Waals surface area (Å²) in [7, 11) is 3.62. The zero-order chi connectivity index (χ0) is 12.3. The van der Waals surface area contributed by atoms with E-state index in [1.807, 2.05) is 36.2 Å². The molecule has 0 atom stereocenters. The van der Waals surface area contributed by atoms with Crippen molar-refractivity contribution in [3.63, 3.8) is 0 Å². The lowest BCUT2D eigenvalue weighted by atomic mass is 10.2. The molecule has 0 fully saturated rings. The van der Waals surface area contributed by atoms with Crippen molar-refractivity contribution in [1.82, 2.24) is 9.36 Å². The van der Waals surface area contributed by atoms with Gasteiger partial charge in [-0.25, -0.2) is 0 Å². The maximum Gasteiger partial charge on any atom is 0.233 e. The summed E-state index contributed by atoms with van der Waals surface area (Å²) < 4.78 is 9.07. The van der Waals surface area contributed by atoms with Crippen molar-refractivity contribution < 1.29 is 4.74 Å². The van der Waals surface area contributed by atoms with E-state index < -0.39 is 0 Å². The van der Waals surface area contributed by atoms with Gasteiger partial charge in [-0.2, -0.15) is 9.36 Å². The van der Waals surface area contributed by atoms with Crippen LogP contribution in [0.2, 0.25) is 0 Å². The molecule has 0 amide bonds. The molecule has 5 nitrogen and oxygen atoms in total. The van der Waals surface area contributed by atoms with Crippen LogP contribution in [0.25, 0.3) is 0 Å². The van der Waals surface area contributed by atoms with Crippen molar-refractivity contribution in [2.75, 3.05) is 24.8 Å². The summed E-state index contributed by atoms with van der Waals surface area (Å²) >= 11 is 1.30. The van der Waals surface area contributed by atoms with Gasteiger partial charge in [0.05, 0.1) is 7.11 Å². The van der Waals surface area contributed by atoms with Gasteiger partial charge in [-0.15, -0.1) is 0 Å². The average Bonchev–Trinajstić information content (AvgIpc) is 2.77. The molecule has 0 unspecified atom stereocenters. The Hall–Kier alpha value is -1.82. The number of benzene rings is 1. The second-order valence-corrected chi connectivity index (χ2v) is 4.37. The monoisotopic (exact) mass is 250 g/mol. The van der Waals surface area contributed by atoms with Crippen LogP contribution < -0.4 is 15.4 Å². The van der Waals surface area contributed by atoms with Gasteiger partial charge in [-0.05, 0) is 17.7 Å². The van der Waals surface area contributed by atoms with Crippen LogP contribution in [0.15, 0.2) is 24.3 Å². The van der Waals surface area contributed by atoms with E-state index in [4.69, 9.17) is 10.5 Å². The van der Waals surface area contributed by atoms with E-state index in [2.05, 4.69) is 9.36 Å². The standard InChI is InChI=1S/C11H14N4OS/c1-15(11-13-10(12)14-17-11)7-8-3-5-9(16-2)6-4-8/h3-6H,7H2,1-2H3,(H2,12,14). The van der Waals surface area contributed by atoms with Crippen molar-refractivity contribution in [2.24, 2.45) is 0 Å². The molecule has 0 saturated heterocycles. The first-order valence-electron chi connectivity index (χ1n) is 5.12. The highest BCUT2D eigenvalue weighted by Gasteiger charge is 2.07. The van der Waals surface area contributed by atoms with Crippen LogP contribution in [-0.4, -0.2) is 23.5 Å². The number of hydrogen-bond acceptors (Lipinski definition) is 6. The largest absolute Gasteiger partial charge is 0.497 e. The molecule has 0 aliphatic heterocycles. The fourth-order valence-electron chi connectivity index (χ4n) is 1.45. The van der Waals surface area contributed by atoms with Crippen molar-refractivity contribution in [1.29, 1.82) is 0 Å². The van der Waals surface area contributed by atoms with Crippen molar-refractivity contribution in [3.8, 4) is 5.75 Å². The predicted octanol–water partition coefficient (Wildman–Crippen LogP) is 1.77. The number of nitrogens with zero attached hydrogens (tertiary/aromatic N) is 3. The summed E-state index contributed by atoms with van der Waals surface area (Å²) in [5.41, 5.74) is 6.68. The number of rotatable bonds is 4. The molecule has 17 heavy (non-hydrogen) atoms. The lowest BCUT2D eigenvalue weighted by Crippen LogP contribution is -2.16. The number of nitrogen functional groups attached to an aromatic ring is 1. The van der Waals surface area contributed by atoms with E-state index in [9.17, 15) is 0 Å². The fourth-order valence-corrected chi connectivity index (χ4v) is 2.01. The first kappa shape index (κ1) is 11.7. The summed E-state index contributed by atoms with van der Waals surface area (Å²) in [6, 6.07) is 7.94. The number of aromatic nitrogens is 2. The van der Waals surface area contributed by atoms with Crippen LogP contribution in [0, 0.1) is 0 Å². The number of hydrogen-bond donors (Lipinski definition) is 1. The van der Waals surface area contributed by atoms with Gasteiger partial charge in [0.1, 0.15) is 5.75 Å². The summed E-state index contributed by atoms with van der Waals surface area (Å²) in [6.45, 7) is 0.763. The van der Waals surface area contributed by atoms with E-state index in [0.717, 1.165) is 17.4 Å². The minimum absolute atomic E-state index is 0.326. The Morgan fingerprint density at radius 2 is 2.06 bits per heavy atom. The van der Waals surface area contributed by atoms with Crippen LogP contribution in [0.5, 0.6) is 5.75 Å². The Labute approximate surface area is 104 Å². The third-order valence-electron chi connectivity index (χ3n) is 2.34. The zero-order valence-corrected chi connectivity index (χ0v) is 10.6. The van der Waals surface area contributed by atoms with Gasteiger partial charge >= 0.3 is 0 Å². The maximum absolute atomic E-state index is 5.49. The highest BCUT2D eigenvalue weighted by molar-refractivity contribution is 7.09. The van der Waals surface area contributed by atoms with Gasteiger partial charge < -0.3 is 15.4 Å². The van der Waals surface area contributed by atoms with E-state index in [0.29, 0.717) is 5.95 Å². The molecule has 6 heteroatoms. The second-order valence-electron chi connectivity index (χ2n) is 3.64. The predicted molar refractivity (Wildman–Crippen MR) is 69.4 cm³/mol. The quantitative estimate of drug-likeness (QED) is 0.895. The van der Waals surface area contributed by atoms with Crippen molar-refractivity contribution in [2.45, 2.75) is 6.54 Å². The Balaban J connectivity index is 2.04.